The Labute approximate surface area is 123 Å². The number of hydrogen-bond acceptors (Lipinski definition) is 5. The van der Waals surface area contributed by atoms with Crippen molar-refractivity contribution in [2.75, 3.05) is 23.7 Å². The monoisotopic (exact) mass is 288 g/mol. The molecule has 0 aromatic carbocycles. The Bertz CT molecular complexity index is 579. The van der Waals surface area contributed by atoms with E-state index >= 15 is 0 Å². The van der Waals surface area contributed by atoms with E-state index in [2.05, 4.69) is 28.1 Å². The van der Waals surface area contributed by atoms with Crippen molar-refractivity contribution in [2.45, 2.75) is 20.3 Å². The Hall–Kier alpha value is -1.62. The zero-order valence-corrected chi connectivity index (χ0v) is 12.7. The molecule has 0 radical (unpaired) electrons. The Balaban J connectivity index is 1.93. The molecule has 5 heteroatoms. The molecule has 1 saturated heterocycles. The van der Waals surface area contributed by atoms with E-state index in [-0.39, 0.29) is 0 Å². The summed E-state index contributed by atoms with van der Waals surface area (Å²) < 4.78 is 4.36. The van der Waals surface area contributed by atoms with Crippen LogP contribution in [0.2, 0.25) is 0 Å². The van der Waals surface area contributed by atoms with Crippen LogP contribution in [0.1, 0.15) is 20.3 Å². The van der Waals surface area contributed by atoms with E-state index in [0.717, 1.165) is 36.1 Å². The van der Waals surface area contributed by atoms with Crippen molar-refractivity contribution in [3.05, 3.63) is 24.5 Å². The van der Waals surface area contributed by atoms with E-state index < -0.39 is 0 Å². The number of aromatic nitrogens is 2. The highest BCUT2D eigenvalue weighted by molar-refractivity contribution is 7.11. The molecule has 4 nitrogen and oxygen atoms in total. The molecule has 0 aliphatic carbocycles. The number of nitrogens with two attached hydrogens (primary N) is 1. The van der Waals surface area contributed by atoms with Gasteiger partial charge in [0.2, 0.25) is 0 Å². The van der Waals surface area contributed by atoms with Gasteiger partial charge in [0.05, 0.1) is 5.56 Å². The van der Waals surface area contributed by atoms with Gasteiger partial charge in [0, 0.05) is 31.0 Å². The zero-order chi connectivity index (χ0) is 14.1. The number of hydrogen-bond donors (Lipinski definition) is 1. The highest BCUT2D eigenvalue weighted by Gasteiger charge is 2.28. The molecule has 20 heavy (non-hydrogen) atoms. The molecule has 0 bridgehead atoms. The van der Waals surface area contributed by atoms with Gasteiger partial charge < -0.3 is 10.6 Å². The molecule has 0 saturated carbocycles. The zero-order valence-electron chi connectivity index (χ0n) is 11.9. The quantitative estimate of drug-likeness (QED) is 0.941. The van der Waals surface area contributed by atoms with Gasteiger partial charge in [-0.25, -0.2) is 0 Å². The van der Waals surface area contributed by atoms with Crippen LogP contribution < -0.4 is 10.6 Å². The maximum absolute atomic E-state index is 6.08. The molecule has 1 aliphatic rings. The first-order valence-corrected chi connectivity index (χ1v) is 7.84. The summed E-state index contributed by atoms with van der Waals surface area (Å²) in [5.41, 5.74) is 8.19. The number of rotatable bonds is 3. The van der Waals surface area contributed by atoms with Gasteiger partial charge in [-0.05, 0) is 35.9 Å². The number of nitrogen functional groups attached to an aromatic ring is 1. The molecule has 106 valence electrons. The van der Waals surface area contributed by atoms with Crippen molar-refractivity contribution in [1.29, 1.82) is 0 Å². The summed E-state index contributed by atoms with van der Waals surface area (Å²) in [5, 5.41) is 1.19. The SMILES string of the molecule is CC(C)C1CCN(c2snc(N)c2-c2cccnc2)C1. The van der Waals surface area contributed by atoms with Gasteiger partial charge in [0.25, 0.3) is 0 Å². The maximum atomic E-state index is 6.08. The van der Waals surface area contributed by atoms with Crippen molar-refractivity contribution < 1.29 is 0 Å². The minimum Gasteiger partial charge on any atom is -0.382 e. The van der Waals surface area contributed by atoms with Gasteiger partial charge in [-0.3, -0.25) is 4.98 Å². The second-order valence-corrected chi connectivity index (χ2v) is 6.48. The van der Waals surface area contributed by atoms with Gasteiger partial charge in [-0.1, -0.05) is 19.9 Å². The minimum absolute atomic E-state index is 0.617. The Morgan fingerprint density at radius 3 is 2.95 bits per heavy atom. The predicted octanol–water partition coefficient (Wildman–Crippen LogP) is 3.27. The highest BCUT2D eigenvalue weighted by atomic mass is 32.1. The average Bonchev–Trinajstić information content (AvgIpc) is 3.06. The van der Waals surface area contributed by atoms with Crippen LogP contribution in [0.4, 0.5) is 10.8 Å². The van der Waals surface area contributed by atoms with E-state index in [1.807, 2.05) is 18.3 Å². The Morgan fingerprint density at radius 2 is 2.30 bits per heavy atom. The summed E-state index contributed by atoms with van der Waals surface area (Å²) in [4.78, 5) is 6.63. The highest BCUT2D eigenvalue weighted by Crippen LogP contribution is 2.41. The first-order valence-electron chi connectivity index (χ1n) is 7.07. The lowest BCUT2D eigenvalue weighted by molar-refractivity contribution is 0.423. The second-order valence-electron chi connectivity index (χ2n) is 5.73. The largest absolute Gasteiger partial charge is 0.382 e. The van der Waals surface area contributed by atoms with Gasteiger partial charge in [0.15, 0.2) is 0 Å². The van der Waals surface area contributed by atoms with E-state index in [9.17, 15) is 0 Å². The lowest BCUT2D eigenvalue weighted by Crippen LogP contribution is -2.20. The summed E-state index contributed by atoms with van der Waals surface area (Å²) >= 11 is 1.51. The van der Waals surface area contributed by atoms with Gasteiger partial charge in [-0.2, -0.15) is 4.37 Å². The first kappa shape index (κ1) is 13.4. The van der Waals surface area contributed by atoms with E-state index in [1.165, 1.54) is 23.0 Å². The van der Waals surface area contributed by atoms with Crippen LogP contribution in [-0.2, 0) is 0 Å². The maximum Gasteiger partial charge on any atom is 0.147 e. The summed E-state index contributed by atoms with van der Waals surface area (Å²) in [6, 6.07) is 3.99. The van der Waals surface area contributed by atoms with Crippen LogP contribution in [0.15, 0.2) is 24.5 Å². The third-order valence-corrected chi connectivity index (χ3v) is 5.03. The third kappa shape index (κ3) is 2.38. The van der Waals surface area contributed by atoms with E-state index in [4.69, 9.17) is 5.73 Å². The van der Waals surface area contributed by atoms with E-state index in [1.54, 1.807) is 6.20 Å². The van der Waals surface area contributed by atoms with E-state index in [0.29, 0.717) is 5.82 Å². The van der Waals surface area contributed by atoms with Gasteiger partial charge in [0.1, 0.15) is 10.8 Å². The summed E-state index contributed by atoms with van der Waals surface area (Å²) in [7, 11) is 0. The van der Waals surface area contributed by atoms with Gasteiger partial charge in [-0.15, -0.1) is 0 Å². The third-order valence-electron chi connectivity index (χ3n) is 4.11. The van der Waals surface area contributed by atoms with Crippen LogP contribution in [-0.4, -0.2) is 22.4 Å². The normalized spacial score (nSPS) is 18.9. The molecule has 2 aromatic rings. The van der Waals surface area contributed by atoms with Crippen molar-refractivity contribution in [2.24, 2.45) is 11.8 Å². The van der Waals surface area contributed by atoms with Crippen molar-refractivity contribution in [3.63, 3.8) is 0 Å². The molecule has 0 amide bonds. The van der Waals surface area contributed by atoms with Crippen LogP contribution >= 0.6 is 11.5 Å². The number of nitrogens with zero attached hydrogens (tertiary/aromatic N) is 3. The fourth-order valence-corrected chi connectivity index (χ4v) is 3.68. The van der Waals surface area contributed by atoms with Crippen LogP contribution in [0.3, 0.4) is 0 Å². The Morgan fingerprint density at radius 1 is 1.45 bits per heavy atom. The van der Waals surface area contributed by atoms with Crippen LogP contribution in [0.25, 0.3) is 11.1 Å². The minimum atomic E-state index is 0.617. The van der Waals surface area contributed by atoms with Gasteiger partial charge >= 0.3 is 0 Å². The molecule has 2 N–H and O–H groups in total. The smallest absolute Gasteiger partial charge is 0.147 e. The average molecular weight is 288 g/mol. The molecule has 1 fully saturated rings. The van der Waals surface area contributed by atoms with Crippen LogP contribution in [0.5, 0.6) is 0 Å². The van der Waals surface area contributed by atoms with Crippen molar-refractivity contribution >= 4 is 22.4 Å². The molecular formula is C15H20N4S. The molecule has 0 spiro atoms. The number of anilines is 2. The molecule has 3 heterocycles. The lowest BCUT2D eigenvalue weighted by atomic mass is 9.95. The van der Waals surface area contributed by atoms with Crippen molar-refractivity contribution in [1.82, 2.24) is 9.36 Å². The Kier molecular flexibility index (Phi) is 3.61. The fourth-order valence-electron chi connectivity index (χ4n) is 2.81. The second kappa shape index (κ2) is 5.40. The standard InChI is InChI=1S/C15H20N4S/c1-10(2)12-5-7-19(9-12)15-13(14(16)18-20-15)11-4-3-6-17-8-11/h3-4,6,8,10,12H,5,7,9H2,1-2H3,(H2,16,18). The lowest BCUT2D eigenvalue weighted by Gasteiger charge is -2.19. The molecule has 3 rings (SSSR count). The topological polar surface area (TPSA) is 55.0 Å². The predicted molar refractivity (Wildman–Crippen MR) is 84.9 cm³/mol. The summed E-state index contributed by atoms with van der Waals surface area (Å²) in [5.74, 6) is 2.11. The number of pyridine rings is 1. The van der Waals surface area contributed by atoms with Crippen molar-refractivity contribution in [3.8, 4) is 11.1 Å². The van der Waals surface area contributed by atoms with Crippen LogP contribution in [0, 0.1) is 11.8 Å². The molecular weight excluding hydrogens is 268 g/mol. The summed E-state index contributed by atoms with van der Waals surface area (Å²) in [6.45, 7) is 6.80. The fraction of sp³-hybridized carbons (Fsp3) is 0.467. The molecule has 1 unspecified atom stereocenters. The summed E-state index contributed by atoms with van der Waals surface area (Å²) in [6.07, 6.45) is 4.89. The molecule has 2 aromatic heterocycles. The molecule has 1 aliphatic heterocycles. The first-order chi connectivity index (χ1) is 9.66. The molecule has 1 atom stereocenters.